The molecule has 118 valence electrons. The van der Waals surface area contributed by atoms with Crippen molar-refractivity contribution in [2.45, 2.75) is 50.5 Å². The van der Waals surface area contributed by atoms with E-state index < -0.39 is 0 Å². The second-order valence-electron chi connectivity index (χ2n) is 6.62. The standard InChI is InChI=1S/C18H30N2O/c1-18(14-19,16-8-4-2-5-9-16)15-20(12-13-21)17-10-6-3-7-11-17/h2,4-5,8-9,17,21H,3,6-7,10-15,19H2,1H3. The maximum atomic E-state index is 9.43. The average molecular weight is 290 g/mol. The van der Waals surface area contributed by atoms with Crippen molar-refractivity contribution in [3.63, 3.8) is 0 Å². The molecule has 3 nitrogen and oxygen atoms in total. The minimum Gasteiger partial charge on any atom is -0.395 e. The Bertz CT molecular complexity index is 403. The van der Waals surface area contributed by atoms with E-state index in [4.69, 9.17) is 5.73 Å². The highest BCUT2D eigenvalue weighted by Crippen LogP contribution is 2.28. The first-order valence-corrected chi connectivity index (χ1v) is 8.30. The van der Waals surface area contributed by atoms with E-state index in [1.54, 1.807) is 0 Å². The van der Waals surface area contributed by atoms with Crippen LogP contribution in [0, 0.1) is 0 Å². The Morgan fingerprint density at radius 1 is 1.19 bits per heavy atom. The van der Waals surface area contributed by atoms with Gasteiger partial charge in [0.15, 0.2) is 0 Å². The van der Waals surface area contributed by atoms with Gasteiger partial charge >= 0.3 is 0 Å². The van der Waals surface area contributed by atoms with Gasteiger partial charge in [0, 0.05) is 31.1 Å². The summed E-state index contributed by atoms with van der Waals surface area (Å²) in [6, 6.07) is 11.2. The van der Waals surface area contributed by atoms with Crippen molar-refractivity contribution in [1.29, 1.82) is 0 Å². The number of nitrogens with zero attached hydrogens (tertiary/aromatic N) is 1. The van der Waals surface area contributed by atoms with Gasteiger partial charge in [0.25, 0.3) is 0 Å². The molecule has 1 unspecified atom stereocenters. The molecule has 1 atom stereocenters. The van der Waals surface area contributed by atoms with Crippen LogP contribution in [0.15, 0.2) is 30.3 Å². The summed E-state index contributed by atoms with van der Waals surface area (Å²) in [5.74, 6) is 0. The lowest BCUT2D eigenvalue weighted by atomic mass is 9.81. The average Bonchev–Trinajstić information content (AvgIpc) is 2.56. The second-order valence-corrected chi connectivity index (χ2v) is 6.62. The zero-order valence-electron chi connectivity index (χ0n) is 13.3. The lowest BCUT2D eigenvalue weighted by molar-refractivity contribution is 0.101. The Hall–Kier alpha value is -0.900. The molecule has 0 amide bonds. The first kappa shape index (κ1) is 16.5. The summed E-state index contributed by atoms with van der Waals surface area (Å²) in [5, 5.41) is 9.43. The molecule has 1 aromatic rings. The molecule has 0 aromatic heterocycles. The lowest BCUT2D eigenvalue weighted by Crippen LogP contribution is -2.49. The molecule has 2 rings (SSSR count). The van der Waals surface area contributed by atoms with Gasteiger partial charge in [-0.05, 0) is 18.4 Å². The van der Waals surface area contributed by atoms with Gasteiger partial charge in [-0.2, -0.15) is 0 Å². The first-order chi connectivity index (χ1) is 10.2. The Balaban J connectivity index is 2.12. The highest BCUT2D eigenvalue weighted by molar-refractivity contribution is 5.25. The van der Waals surface area contributed by atoms with Crippen molar-refractivity contribution in [1.82, 2.24) is 4.90 Å². The van der Waals surface area contributed by atoms with E-state index in [0.717, 1.165) is 13.1 Å². The summed E-state index contributed by atoms with van der Waals surface area (Å²) >= 11 is 0. The van der Waals surface area contributed by atoms with E-state index in [1.807, 2.05) is 6.07 Å². The third-order valence-corrected chi connectivity index (χ3v) is 4.95. The highest BCUT2D eigenvalue weighted by Gasteiger charge is 2.31. The highest BCUT2D eigenvalue weighted by atomic mass is 16.3. The summed E-state index contributed by atoms with van der Waals surface area (Å²) in [6.45, 7) is 4.79. The SMILES string of the molecule is CC(CN)(CN(CCO)C1CCCCC1)c1ccccc1. The number of rotatable bonds is 7. The molecule has 0 heterocycles. The zero-order valence-corrected chi connectivity index (χ0v) is 13.3. The maximum absolute atomic E-state index is 9.43. The predicted molar refractivity (Wildman–Crippen MR) is 88.4 cm³/mol. The third kappa shape index (κ3) is 4.29. The van der Waals surface area contributed by atoms with Crippen molar-refractivity contribution >= 4 is 0 Å². The number of aliphatic hydroxyl groups is 1. The summed E-state index contributed by atoms with van der Waals surface area (Å²) in [6.07, 6.45) is 6.51. The van der Waals surface area contributed by atoms with E-state index in [2.05, 4.69) is 36.1 Å². The van der Waals surface area contributed by atoms with Crippen LogP contribution in [0.5, 0.6) is 0 Å². The maximum Gasteiger partial charge on any atom is 0.0558 e. The fourth-order valence-electron chi connectivity index (χ4n) is 3.53. The molecular weight excluding hydrogens is 260 g/mol. The minimum absolute atomic E-state index is 0.0477. The van der Waals surface area contributed by atoms with Gasteiger partial charge in [-0.1, -0.05) is 56.5 Å². The Morgan fingerprint density at radius 3 is 2.43 bits per heavy atom. The molecule has 0 bridgehead atoms. The van der Waals surface area contributed by atoms with Crippen LogP contribution in [0.3, 0.4) is 0 Å². The largest absolute Gasteiger partial charge is 0.395 e. The van der Waals surface area contributed by atoms with Gasteiger partial charge < -0.3 is 10.8 Å². The molecule has 1 aliphatic rings. The third-order valence-electron chi connectivity index (χ3n) is 4.95. The van der Waals surface area contributed by atoms with E-state index in [1.165, 1.54) is 37.7 Å². The van der Waals surface area contributed by atoms with E-state index in [9.17, 15) is 5.11 Å². The number of hydrogen-bond donors (Lipinski definition) is 2. The molecule has 1 saturated carbocycles. The Morgan fingerprint density at radius 2 is 1.86 bits per heavy atom. The van der Waals surface area contributed by atoms with Crippen LogP contribution in [-0.2, 0) is 5.41 Å². The fraction of sp³-hybridized carbons (Fsp3) is 0.667. The molecule has 0 aliphatic heterocycles. The van der Waals surface area contributed by atoms with Crippen LogP contribution in [0.25, 0.3) is 0 Å². The molecule has 3 heteroatoms. The van der Waals surface area contributed by atoms with E-state index >= 15 is 0 Å². The monoisotopic (exact) mass is 290 g/mol. The van der Waals surface area contributed by atoms with Crippen molar-refractivity contribution in [3.8, 4) is 0 Å². The van der Waals surface area contributed by atoms with Gasteiger partial charge in [-0.3, -0.25) is 4.90 Å². The number of nitrogens with two attached hydrogens (primary N) is 1. The van der Waals surface area contributed by atoms with Crippen LogP contribution < -0.4 is 5.73 Å². The van der Waals surface area contributed by atoms with Crippen LogP contribution >= 0.6 is 0 Å². The van der Waals surface area contributed by atoms with Crippen LogP contribution in [-0.4, -0.2) is 42.3 Å². The molecule has 1 aromatic carbocycles. The summed E-state index contributed by atoms with van der Waals surface area (Å²) in [5.41, 5.74) is 7.37. The van der Waals surface area contributed by atoms with Gasteiger partial charge in [0.2, 0.25) is 0 Å². The fourth-order valence-corrected chi connectivity index (χ4v) is 3.53. The minimum atomic E-state index is -0.0477. The lowest BCUT2D eigenvalue weighted by Gasteiger charge is -2.40. The van der Waals surface area contributed by atoms with Crippen molar-refractivity contribution in [2.75, 3.05) is 26.2 Å². The predicted octanol–water partition coefficient (Wildman–Crippen LogP) is 2.53. The number of benzene rings is 1. The molecule has 3 N–H and O–H groups in total. The van der Waals surface area contributed by atoms with Crippen molar-refractivity contribution < 1.29 is 5.11 Å². The van der Waals surface area contributed by atoms with Crippen molar-refractivity contribution in [2.24, 2.45) is 5.73 Å². The van der Waals surface area contributed by atoms with E-state index in [-0.39, 0.29) is 12.0 Å². The molecule has 1 aliphatic carbocycles. The van der Waals surface area contributed by atoms with Crippen LogP contribution in [0.4, 0.5) is 0 Å². The number of aliphatic hydroxyl groups excluding tert-OH is 1. The van der Waals surface area contributed by atoms with Crippen LogP contribution in [0.2, 0.25) is 0 Å². The summed E-state index contributed by atoms with van der Waals surface area (Å²) in [4.78, 5) is 2.47. The van der Waals surface area contributed by atoms with Gasteiger partial charge in [-0.25, -0.2) is 0 Å². The molecular formula is C18H30N2O. The topological polar surface area (TPSA) is 49.5 Å². The number of hydrogen-bond acceptors (Lipinski definition) is 3. The zero-order chi connectivity index (χ0) is 15.1. The second kappa shape index (κ2) is 7.92. The summed E-state index contributed by atoms with van der Waals surface area (Å²) in [7, 11) is 0. The molecule has 0 spiro atoms. The summed E-state index contributed by atoms with van der Waals surface area (Å²) < 4.78 is 0. The molecule has 0 saturated heterocycles. The van der Waals surface area contributed by atoms with Gasteiger partial charge in [-0.15, -0.1) is 0 Å². The normalized spacial score (nSPS) is 19.6. The smallest absolute Gasteiger partial charge is 0.0558 e. The molecule has 0 radical (unpaired) electrons. The first-order valence-electron chi connectivity index (χ1n) is 8.30. The Kier molecular flexibility index (Phi) is 6.22. The quantitative estimate of drug-likeness (QED) is 0.811. The van der Waals surface area contributed by atoms with Gasteiger partial charge in [0.05, 0.1) is 6.61 Å². The van der Waals surface area contributed by atoms with Crippen molar-refractivity contribution in [3.05, 3.63) is 35.9 Å². The van der Waals surface area contributed by atoms with Gasteiger partial charge in [0.1, 0.15) is 0 Å². The molecule has 1 fully saturated rings. The van der Waals surface area contributed by atoms with Crippen LogP contribution in [0.1, 0.15) is 44.6 Å². The molecule has 21 heavy (non-hydrogen) atoms. The Labute approximate surface area is 129 Å². The van der Waals surface area contributed by atoms with E-state index in [0.29, 0.717) is 12.6 Å².